The van der Waals surface area contributed by atoms with Crippen LogP contribution in [-0.2, 0) is 11.2 Å². The van der Waals surface area contributed by atoms with Crippen LogP contribution in [0.4, 0.5) is 17.5 Å². The second-order valence-electron chi connectivity index (χ2n) is 8.02. The normalized spacial score (nSPS) is 11.0. The number of nitrogens with one attached hydrogen (secondary N) is 3. The highest BCUT2D eigenvalue weighted by Gasteiger charge is 2.19. The minimum absolute atomic E-state index is 0.0743. The van der Waals surface area contributed by atoms with E-state index < -0.39 is 0 Å². The van der Waals surface area contributed by atoms with Gasteiger partial charge in [0.05, 0.1) is 24.0 Å². The fourth-order valence-corrected chi connectivity index (χ4v) is 4.67. The lowest BCUT2D eigenvalue weighted by Gasteiger charge is -2.09. The van der Waals surface area contributed by atoms with Gasteiger partial charge in [-0.1, -0.05) is 42.5 Å². The quantitative estimate of drug-likeness (QED) is 0.283. The molecule has 36 heavy (non-hydrogen) atoms. The molecule has 0 atom stereocenters. The number of carbonyl (C=O) groups is 1. The fraction of sp³-hybridized carbons (Fsp3) is 0.0385. The highest BCUT2D eigenvalue weighted by Crippen LogP contribution is 2.34. The molecule has 0 bridgehead atoms. The number of thiazole rings is 1. The number of fused-ring (bicyclic) bond motifs is 1. The van der Waals surface area contributed by atoms with Crippen molar-refractivity contribution >= 4 is 39.7 Å². The van der Waals surface area contributed by atoms with Crippen molar-refractivity contribution < 1.29 is 4.79 Å². The average Bonchev–Trinajstić information content (AvgIpc) is 3.63. The summed E-state index contributed by atoms with van der Waals surface area (Å²) < 4.78 is 2.02. The standard InChI is InChI=1S/C26H20N8OS/c35-22(15-17-5-2-1-3-6-17)29-19-8-4-7-18(16-19)23-24(34-13-14-36-26(34)32-23)20-9-11-27-25(30-20)31-21-10-12-28-33-21/h1-14,16H,15H2,(H,29,35)(H2,27,28,30,31,33). The highest BCUT2D eigenvalue weighted by atomic mass is 32.1. The van der Waals surface area contributed by atoms with Gasteiger partial charge in [0.1, 0.15) is 11.5 Å². The first-order valence-electron chi connectivity index (χ1n) is 11.2. The minimum Gasteiger partial charge on any atom is -0.326 e. The molecule has 0 aliphatic carbocycles. The van der Waals surface area contributed by atoms with E-state index in [2.05, 4.69) is 25.8 Å². The molecule has 10 heteroatoms. The molecular formula is C26H20N8OS. The number of imidazole rings is 1. The molecule has 0 aliphatic rings. The van der Waals surface area contributed by atoms with Crippen molar-refractivity contribution in [2.45, 2.75) is 6.42 Å². The van der Waals surface area contributed by atoms with Crippen molar-refractivity contribution in [2.24, 2.45) is 0 Å². The van der Waals surface area contributed by atoms with Gasteiger partial charge >= 0.3 is 0 Å². The zero-order chi connectivity index (χ0) is 24.3. The SMILES string of the molecule is O=C(Cc1ccccc1)Nc1cccc(-c2nc3sccn3c2-c2ccnc(Nc3ccn[nH]3)n2)c1. The zero-order valence-electron chi connectivity index (χ0n) is 18.9. The van der Waals surface area contributed by atoms with Crippen molar-refractivity contribution in [3.8, 4) is 22.6 Å². The highest BCUT2D eigenvalue weighted by molar-refractivity contribution is 7.15. The van der Waals surface area contributed by atoms with E-state index in [0.717, 1.165) is 27.5 Å². The topological polar surface area (TPSA) is 113 Å². The van der Waals surface area contributed by atoms with E-state index in [0.29, 0.717) is 29.6 Å². The molecule has 0 unspecified atom stereocenters. The average molecular weight is 493 g/mol. The summed E-state index contributed by atoms with van der Waals surface area (Å²) in [7, 11) is 0. The van der Waals surface area contributed by atoms with Gasteiger partial charge in [0.2, 0.25) is 11.9 Å². The summed E-state index contributed by atoms with van der Waals surface area (Å²) in [4.78, 5) is 27.4. The first-order chi connectivity index (χ1) is 17.7. The molecular weight excluding hydrogens is 472 g/mol. The van der Waals surface area contributed by atoms with Gasteiger partial charge < -0.3 is 10.6 Å². The lowest BCUT2D eigenvalue weighted by molar-refractivity contribution is -0.115. The van der Waals surface area contributed by atoms with Gasteiger partial charge in [0.15, 0.2) is 4.96 Å². The predicted molar refractivity (Wildman–Crippen MR) is 140 cm³/mol. The Morgan fingerprint density at radius 1 is 1.00 bits per heavy atom. The number of rotatable bonds is 7. The van der Waals surface area contributed by atoms with Gasteiger partial charge in [-0.25, -0.2) is 15.0 Å². The summed E-state index contributed by atoms with van der Waals surface area (Å²) in [5.41, 5.74) is 4.87. The van der Waals surface area contributed by atoms with Gasteiger partial charge in [-0.05, 0) is 23.8 Å². The van der Waals surface area contributed by atoms with Crippen molar-refractivity contribution in [3.63, 3.8) is 0 Å². The summed E-state index contributed by atoms with van der Waals surface area (Å²) in [5, 5.41) is 14.9. The first-order valence-corrected chi connectivity index (χ1v) is 12.1. The van der Waals surface area contributed by atoms with Crippen LogP contribution in [-0.4, -0.2) is 35.5 Å². The molecule has 2 aromatic carbocycles. The van der Waals surface area contributed by atoms with E-state index in [1.54, 1.807) is 29.8 Å². The van der Waals surface area contributed by atoms with Crippen LogP contribution in [0.25, 0.3) is 27.6 Å². The number of benzene rings is 2. The Bertz CT molecular complexity index is 1640. The Balaban J connectivity index is 1.33. The molecule has 6 aromatic rings. The van der Waals surface area contributed by atoms with E-state index in [1.807, 2.05) is 76.6 Å². The maximum Gasteiger partial charge on any atom is 0.228 e. The molecule has 176 valence electrons. The Kier molecular flexibility index (Phi) is 5.68. The monoisotopic (exact) mass is 492 g/mol. The lowest BCUT2D eigenvalue weighted by Crippen LogP contribution is -2.14. The van der Waals surface area contributed by atoms with Crippen molar-refractivity contribution in [1.29, 1.82) is 0 Å². The number of aromatic nitrogens is 6. The smallest absolute Gasteiger partial charge is 0.228 e. The van der Waals surface area contributed by atoms with Crippen LogP contribution in [0.5, 0.6) is 0 Å². The molecule has 0 saturated heterocycles. The van der Waals surface area contributed by atoms with E-state index in [-0.39, 0.29) is 5.91 Å². The number of carbonyl (C=O) groups excluding carboxylic acids is 1. The van der Waals surface area contributed by atoms with Gasteiger partial charge in [-0.2, -0.15) is 5.10 Å². The summed E-state index contributed by atoms with van der Waals surface area (Å²) in [6, 6.07) is 21.0. The molecule has 4 aromatic heterocycles. The minimum atomic E-state index is -0.0743. The first kappa shape index (κ1) is 21.7. The summed E-state index contributed by atoms with van der Waals surface area (Å²) in [6.45, 7) is 0. The van der Waals surface area contributed by atoms with Crippen molar-refractivity contribution in [2.75, 3.05) is 10.6 Å². The van der Waals surface area contributed by atoms with E-state index in [4.69, 9.17) is 9.97 Å². The number of aromatic amines is 1. The van der Waals surface area contributed by atoms with Crippen LogP contribution in [0.3, 0.4) is 0 Å². The second-order valence-corrected chi connectivity index (χ2v) is 8.89. The van der Waals surface area contributed by atoms with Gasteiger partial charge in [-0.15, -0.1) is 11.3 Å². The molecule has 3 N–H and O–H groups in total. The summed E-state index contributed by atoms with van der Waals surface area (Å²) >= 11 is 1.55. The third-order valence-corrected chi connectivity index (χ3v) is 6.29. The van der Waals surface area contributed by atoms with Gasteiger partial charge in [0, 0.05) is 35.1 Å². The van der Waals surface area contributed by atoms with Crippen LogP contribution in [0, 0.1) is 0 Å². The third kappa shape index (κ3) is 4.44. The molecule has 0 fully saturated rings. The Morgan fingerprint density at radius 3 is 2.78 bits per heavy atom. The van der Waals surface area contributed by atoms with Crippen LogP contribution in [0.2, 0.25) is 0 Å². The van der Waals surface area contributed by atoms with E-state index in [9.17, 15) is 4.79 Å². The Hall–Kier alpha value is -4.83. The summed E-state index contributed by atoms with van der Waals surface area (Å²) in [5.74, 6) is 1.06. The number of hydrogen-bond donors (Lipinski definition) is 3. The Morgan fingerprint density at radius 2 is 1.92 bits per heavy atom. The number of amides is 1. The van der Waals surface area contributed by atoms with Crippen molar-refractivity contribution in [3.05, 3.63) is 96.3 Å². The fourth-order valence-electron chi connectivity index (χ4n) is 3.96. The molecule has 1 amide bonds. The molecule has 0 spiro atoms. The molecule has 0 saturated carbocycles. The Labute approximate surface area is 209 Å². The second kappa shape index (κ2) is 9.43. The third-order valence-electron chi connectivity index (χ3n) is 5.53. The van der Waals surface area contributed by atoms with Gasteiger partial charge in [-0.3, -0.25) is 14.3 Å². The summed E-state index contributed by atoms with van der Waals surface area (Å²) in [6.07, 6.45) is 5.64. The van der Waals surface area contributed by atoms with Crippen LogP contribution < -0.4 is 10.6 Å². The lowest BCUT2D eigenvalue weighted by atomic mass is 10.1. The van der Waals surface area contributed by atoms with Crippen LogP contribution in [0.1, 0.15) is 5.56 Å². The molecule has 9 nitrogen and oxygen atoms in total. The molecule has 0 radical (unpaired) electrons. The largest absolute Gasteiger partial charge is 0.326 e. The molecule has 4 heterocycles. The van der Waals surface area contributed by atoms with Gasteiger partial charge in [0.25, 0.3) is 0 Å². The maximum atomic E-state index is 12.6. The molecule has 6 rings (SSSR count). The van der Waals surface area contributed by atoms with E-state index >= 15 is 0 Å². The van der Waals surface area contributed by atoms with Crippen molar-refractivity contribution in [1.82, 2.24) is 29.5 Å². The number of H-pyrrole nitrogens is 1. The maximum absolute atomic E-state index is 12.6. The predicted octanol–water partition coefficient (Wildman–Crippen LogP) is 5.17. The number of anilines is 3. The van der Waals surface area contributed by atoms with Crippen LogP contribution in [0.15, 0.2) is 90.7 Å². The number of nitrogens with zero attached hydrogens (tertiary/aromatic N) is 5. The van der Waals surface area contributed by atoms with E-state index in [1.165, 1.54) is 0 Å². The zero-order valence-corrected chi connectivity index (χ0v) is 19.7. The van der Waals surface area contributed by atoms with Crippen LogP contribution >= 0.6 is 11.3 Å². The molecule has 0 aliphatic heterocycles. The number of hydrogen-bond acceptors (Lipinski definition) is 7.